The first-order chi connectivity index (χ1) is 6.58. The van der Waals surface area contributed by atoms with Gasteiger partial charge in [-0.1, -0.05) is 11.6 Å². The van der Waals surface area contributed by atoms with Crippen LogP contribution in [0.2, 0.25) is 5.15 Å². The molecule has 0 aliphatic heterocycles. The molecule has 0 spiro atoms. The van der Waals surface area contributed by atoms with Gasteiger partial charge in [0.1, 0.15) is 16.8 Å². The molecular weight excluding hydrogens is 208 g/mol. The molecule has 72 valence electrons. The maximum Gasteiger partial charge on any atom is 0.135 e. The van der Waals surface area contributed by atoms with Gasteiger partial charge in [-0.05, 0) is 18.6 Å². The average Bonchev–Trinajstić information content (AvgIpc) is 2.08. The van der Waals surface area contributed by atoms with E-state index in [1.165, 1.54) is 0 Å². The van der Waals surface area contributed by atoms with E-state index in [0.717, 1.165) is 12.1 Å². The standard InChI is InChI=1S/C10H6ClF2N/c1-5-2-7-8(13)3-6(12)4-9(7)14-10(5)11/h2-4H,1H3. The maximum atomic E-state index is 13.2. The summed E-state index contributed by atoms with van der Waals surface area (Å²) in [6.45, 7) is 1.72. The Bertz CT molecular complexity index is 511. The number of nitrogens with zero attached hydrogens (tertiary/aromatic N) is 1. The van der Waals surface area contributed by atoms with E-state index in [2.05, 4.69) is 4.98 Å². The molecule has 1 aromatic heterocycles. The molecule has 0 bridgehead atoms. The molecule has 0 atom stereocenters. The molecule has 2 rings (SSSR count). The van der Waals surface area contributed by atoms with Gasteiger partial charge in [-0.3, -0.25) is 0 Å². The van der Waals surface area contributed by atoms with Crippen LogP contribution >= 0.6 is 11.6 Å². The van der Waals surface area contributed by atoms with E-state index in [-0.39, 0.29) is 16.1 Å². The van der Waals surface area contributed by atoms with Crippen molar-refractivity contribution in [1.82, 2.24) is 4.98 Å². The van der Waals surface area contributed by atoms with Gasteiger partial charge in [0, 0.05) is 17.5 Å². The van der Waals surface area contributed by atoms with Crippen LogP contribution in [0, 0.1) is 18.6 Å². The van der Waals surface area contributed by atoms with Crippen molar-refractivity contribution in [3.8, 4) is 0 Å². The monoisotopic (exact) mass is 213 g/mol. The molecule has 0 amide bonds. The first kappa shape index (κ1) is 9.34. The fraction of sp³-hybridized carbons (Fsp3) is 0.100. The maximum absolute atomic E-state index is 13.2. The van der Waals surface area contributed by atoms with E-state index in [9.17, 15) is 8.78 Å². The SMILES string of the molecule is Cc1cc2c(F)cc(F)cc2nc1Cl. The quantitative estimate of drug-likeness (QED) is 0.611. The molecule has 0 aliphatic carbocycles. The zero-order valence-electron chi connectivity index (χ0n) is 7.31. The van der Waals surface area contributed by atoms with Gasteiger partial charge in [0.15, 0.2) is 0 Å². The van der Waals surface area contributed by atoms with E-state index in [0.29, 0.717) is 5.56 Å². The molecule has 1 heterocycles. The fourth-order valence-electron chi connectivity index (χ4n) is 1.28. The first-order valence-corrected chi connectivity index (χ1v) is 4.37. The Morgan fingerprint density at radius 2 is 1.93 bits per heavy atom. The summed E-state index contributed by atoms with van der Waals surface area (Å²) < 4.78 is 26.0. The van der Waals surface area contributed by atoms with Crippen LogP contribution in [0.15, 0.2) is 18.2 Å². The minimum Gasteiger partial charge on any atom is -0.236 e. The van der Waals surface area contributed by atoms with Gasteiger partial charge in [0.05, 0.1) is 5.52 Å². The highest BCUT2D eigenvalue weighted by Crippen LogP contribution is 2.22. The van der Waals surface area contributed by atoms with Crippen molar-refractivity contribution >= 4 is 22.5 Å². The summed E-state index contributed by atoms with van der Waals surface area (Å²) in [7, 11) is 0. The Morgan fingerprint density at radius 3 is 2.64 bits per heavy atom. The molecule has 0 unspecified atom stereocenters. The van der Waals surface area contributed by atoms with Crippen molar-refractivity contribution in [1.29, 1.82) is 0 Å². The number of hydrogen-bond acceptors (Lipinski definition) is 1. The van der Waals surface area contributed by atoms with E-state index in [1.807, 2.05) is 0 Å². The Hall–Kier alpha value is -1.22. The third-order valence-electron chi connectivity index (χ3n) is 1.98. The zero-order valence-corrected chi connectivity index (χ0v) is 8.07. The van der Waals surface area contributed by atoms with Crippen molar-refractivity contribution in [2.45, 2.75) is 6.92 Å². The normalized spacial score (nSPS) is 10.9. The highest BCUT2D eigenvalue weighted by Gasteiger charge is 2.07. The first-order valence-electron chi connectivity index (χ1n) is 4.00. The molecule has 1 nitrogen and oxygen atoms in total. The van der Waals surface area contributed by atoms with E-state index < -0.39 is 11.6 Å². The summed E-state index contributed by atoms with van der Waals surface area (Å²) in [6.07, 6.45) is 0. The van der Waals surface area contributed by atoms with E-state index in [1.54, 1.807) is 13.0 Å². The van der Waals surface area contributed by atoms with E-state index >= 15 is 0 Å². The lowest BCUT2D eigenvalue weighted by atomic mass is 10.1. The molecule has 1 aromatic carbocycles. The van der Waals surface area contributed by atoms with Crippen molar-refractivity contribution < 1.29 is 8.78 Å². The van der Waals surface area contributed by atoms with Crippen molar-refractivity contribution in [3.63, 3.8) is 0 Å². The van der Waals surface area contributed by atoms with Gasteiger partial charge in [0.25, 0.3) is 0 Å². The van der Waals surface area contributed by atoms with Crippen LogP contribution in [-0.4, -0.2) is 4.98 Å². The second-order valence-electron chi connectivity index (χ2n) is 3.05. The highest BCUT2D eigenvalue weighted by atomic mass is 35.5. The summed E-state index contributed by atoms with van der Waals surface area (Å²) in [5.74, 6) is -1.27. The molecule has 0 aliphatic rings. The number of aryl methyl sites for hydroxylation is 1. The highest BCUT2D eigenvalue weighted by molar-refractivity contribution is 6.30. The van der Waals surface area contributed by atoms with Crippen molar-refractivity contribution in [2.75, 3.05) is 0 Å². The second-order valence-corrected chi connectivity index (χ2v) is 3.41. The predicted molar refractivity (Wildman–Crippen MR) is 51.4 cm³/mol. The Balaban J connectivity index is 2.89. The number of pyridine rings is 1. The number of rotatable bonds is 0. The zero-order chi connectivity index (χ0) is 10.3. The van der Waals surface area contributed by atoms with Crippen LogP contribution in [0.4, 0.5) is 8.78 Å². The topological polar surface area (TPSA) is 12.9 Å². The van der Waals surface area contributed by atoms with Gasteiger partial charge in [-0.2, -0.15) is 0 Å². The lowest BCUT2D eigenvalue weighted by Crippen LogP contribution is -1.89. The minimum atomic E-state index is -0.651. The molecule has 4 heteroatoms. The van der Waals surface area contributed by atoms with Crippen molar-refractivity contribution in [2.24, 2.45) is 0 Å². The second kappa shape index (κ2) is 3.17. The van der Waals surface area contributed by atoms with Crippen LogP contribution in [0.1, 0.15) is 5.56 Å². The number of halogens is 3. The molecule has 0 fully saturated rings. The van der Waals surface area contributed by atoms with Crippen LogP contribution in [0.3, 0.4) is 0 Å². The number of aromatic nitrogens is 1. The van der Waals surface area contributed by atoms with Crippen LogP contribution in [0.25, 0.3) is 10.9 Å². The number of hydrogen-bond donors (Lipinski definition) is 0. The largest absolute Gasteiger partial charge is 0.236 e. The van der Waals surface area contributed by atoms with Crippen LogP contribution in [0.5, 0.6) is 0 Å². The summed E-state index contributed by atoms with van der Waals surface area (Å²) in [4.78, 5) is 3.88. The molecule has 0 saturated carbocycles. The third-order valence-corrected chi connectivity index (χ3v) is 2.36. The molecule has 2 aromatic rings. The fourth-order valence-corrected chi connectivity index (χ4v) is 1.42. The molecule has 14 heavy (non-hydrogen) atoms. The van der Waals surface area contributed by atoms with E-state index in [4.69, 9.17) is 11.6 Å². The smallest absolute Gasteiger partial charge is 0.135 e. The lowest BCUT2D eigenvalue weighted by Gasteiger charge is -2.02. The van der Waals surface area contributed by atoms with Crippen molar-refractivity contribution in [3.05, 3.63) is 40.6 Å². The summed E-state index contributed by atoms with van der Waals surface area (Å²) in [6, 6.07) is 3.54. The average molecular weight is 214 g/mol. The third kappa shape index (κ3) is 1.44. The summed E-state index contributed by atoms with van der Waals surface area (Å²) in [5.41, 5.74) is 0.905. The molecule has 0 radical (unpaired) electrons. The van der Waals surface area contributed by atoms with Crippen LogP contribution < -0.4 is 0 Å². The van der Waals surface area contributed by atoms with Crippen LogP contribution in [-0.2, 0) is 0 Å². The number of fused-ring (bicyclic) bond motifs is 1. The summed E-state index contributed by atoms with van der Waals surface area (Å²) in [5, 5.41) is 0.552. The Kier molecular flexibility index (Phi) is 2.11. The number of benzene rings is 1. The minimum absolute atomic E-state index is 0.234. The Morgan fingerprint density at radius 1 is 1.21 bits per heavy atom. The Labute approximate surface area is 84.3 Å². The predicted octanol–water partition coefficient (Wildman–Crippen LogP) is 3.47. The molecule has 0 saturated heterocycles. The van der Waals surface area contributed by atoms with Gasteiger partial charge in [-0.25, -0.2) is 13.8 Å². The molecular formula is C10H6ClF2N. The van der Waals surface area contributed by atoms with Gasteiger partial charge in [0.2, 0.25) is 0 Å². The van der Waals surface area contributed by atoms with Gasteiger partial charge >= 0.3 is 0 Å². The van der Waals surface area contributed by atoms with Gasteiger partial charge in [-0.15, -0.1) is 0 Å². The molecule has 0 N–H and O–H groups in total. The lowest BCUT2D eigenvalue weighted by molar-refractivity contribution is 0.591. The summed E-state index contributed by atoms with van der Waals surface area (Å²) >= 11 is 5.74. The van der Waals surface area contributed by atoms with Gasteiger partial charge < -0.3 is 0 Å².